The maximum absolute atomic E-state index is 12.1. The van der Waals surface area contributed by atoms with E-state index in [2.05, 4.69) is 4.99 Å². The number of rotatable bonds is 6. The van der Waals surface area contributed by atoms with Crippen molar-refractivity contribution in [1.82, 2.24) is 0 Å². The molecule has 1 rings (SSSR count). The Kier molecular flexibility index (Phi) is 7.52. The van der Waals surface area contributed by atoms with Gasteiger partial charge in [-0.05, 0) is 45.9 Å². The summed E-state index contributed by atoms with van der Waals surface area (Å²) in [5.41, 5.74) is 0.343. The molecule has 126 valence electrons. The van der Waals surface area contributed by atoms with E-state index in [0.717, 1.165) is 0 Å². The van der Waals surface area contributed by atoms with Gasteiger partial charge in [-0.3, -0.25) is 4.79 Å². The maximum atomic E-state index is 12.1. The van der Waals surface area contributed by atoms with E-state index in [1.807, 2.05) is 0 Å². The standard InChI is InChI=1S/C16H19Cl2NO4/c1-9(2)22-15(20)8-14(16(21)23-10(3)4)19-11-5-6-12(17)13(18)7-11/h5-7,9-10H,8H2,1-4H3. The number of nitrogens with zero attached hydrogens (tertiary/aromatic N) is 1. The Morgan fingerprint density at radius 1 is 1.04 bits per heavy atom. The molecule has 0 heterocycles. The highest BCUT2D eigenvalue weighted by Gasteiger charge is 2.20. The van der Waals surface area contributed by atoms with Gasteiger partial charge in [-0.2, -0.15) is 0 Å². The van der Waals surface area contributed by atoms with E-state index in [-0.39, 0.29) is 24.3 Å². The zero-order valence-corrected chi connectivity index (χ0v) is 14.9. The number of halogens is 2. The molecular weight excluding hydrogens is 341 g/mol. The van der Waals surface area contributed by atoms with E-state index in [0.29, 0.717) is 15.7 Å². The molecule has 0 saturated heterocycles. The molecule has 0 atom stereocenters. The summed E-state index contributed by atoms with van der Waals surface area (Å²) in [7, 11) is 0. The smallest absolute Gasteiger partial charge is 0.353 e. The summed E-state index contributed by atoms with van der Waals surface area (Å²) in [6, 6.07) is 4.64. The molecule has 0 aliphatic rings. The zero-order valence-electron chi connectivity index (χ0n) is 13.4. The van der Waals surface area contributed by atoms with Gasteiger partial charge >= 0.3 is 11.9 Å². The molecule has 0 bridgehead atoms. The average Bonchev–Trinajstić information content (AvgIpc) is 2.40. The molecule has 1 aromatic rings. The fourth-order valence-corrected chi connectivity index (χ4v) is 1.88. The molecule has 0 aliphatic heterocycles. The van der Waals surface area contributed by atoms with Crippen molar-refractivity contribution in [1.29, 1.82) is 0 Å². The number of benzene rings is 1. The number of carbonyl (C=O) groups is 2. The van der Waals surface area contributed by atoms with Gasteiger partial charge in [-0.15, -0.1) is 0 Å². The van der Waals surface area contributed by atoms with Gasteiger partial charge in [-0.1, -0.05) is 23.2 Å². The first-order valence-corrected chi connectivity index (χ1v) is 7.87. The zero-order chi connectivity index (χ0) is 17.6. The molecule has 0 unspecified atom stereocenters. The summed E-state index contributed by atoms with van der Waals surface area (Å²) in [6.07, 6.45) is -0.901. The number of hydrogen-bond donors (Lipinski definition) is 0. The van der Waals surface area contributed by atoms with Crippen LogP contribution < -0.4 is 0 Å². The molecule has 1 aromatic carbocycles. The van der Waals surface area contributed by atoms with Gasteiger partial charge in [-0.25, -0.2) is 9.79 Å². The average molecular weight is 360 g/mol. The van der Waals surface area contributed by atoms with Gasteiger partial charge in [0.15, 0.2) is 0 Å². The molecule has 0 aromatic heterocycles. The SMILES string of the molecule is CC(C)OC(=O)CC(=Nc1ccc(Cl)c(Cl)c1)C(=O)OC(C)C. The first-order valence-electron chi connectivity index (χ1n) is 7.12. The molecule has 5 nitrogen and oxygen atoms in total. The summed E-state index contributed by atoms with van der Waals surface area (Å²) in [5, 5.41) is 0.672. The van der Waals surface area contributed by atoms with Crippen LogP contribution in [0.15, 0.2) is 23.2 Å². The van der Waals surface area contributed by atoms with E-state index in [9.17, 15) is 9.59 Å². The molecule has 0 aliphatic carbocycles. The van der Waals surface area contributed by atoms with Crippen LogP contribution in [-0.4, -0.2) is 29.9 Å². The van der Waals surface area contributed by atoms with Gasteiger partial charge in [0.05, 0.1) is 34.4 Å². The quantitative estimate of drug-likeness (QED) is 0.559. The van der Waals surface area contributed by atoms with E-state index in [1.165, 1.54) is 6.07 Å². The van der Waals surface area contributed by atoms with Crippen molar-refractivity contribution in [3.63, 3.8) is 0 Å². The van der Waals surface area contributed by atoms with Gasteiger partial charge in [0.25, 0.3) is 0 Å². The molecule has 23 heavy (non-hydrogen) atoms. The monoisotopic (exact) mass is 359 g/mol. The van der Waals surface area contributed by atoms with Crippen molar-refractivity contribution >= 4 is 46.5 Å². The molecule has 0 N–H and O–H groups in total. The van der Waals surface area contributed by atoms with Crippen molar-refractivity contribution in [3.8, 4) is 0 Å². The first kappa shape index (κ1) is 19.5. The van der Waals surface area contributed by atoms with Crippen molar-refractivity contribution < 1.29 is 19.1 Å². The van der Waals surface area contributed by atoms with Gasteiger partial charge < -0.3 is 9.47 Å². The third kappa shape index (κ3) is 7.01. The predicted octanol–water partition coefficient (Wildman–Crippen LogP) is 4.36. The van der Waals surface area contributed by atoms with Crippen LogP contribution in [0.1, 0.15) is 34.1 Å². The van der Waals surface area contributed by atoms with Crippen molar-refractivity contribution in [2.24, 2.45) is 4.99 Å². The van der Waals surface area contributed by atoms with Crippen LogP contribution in [0, 0.1) is 0 Å². The van der Waals surface area contributed by atoms with E-state index >= 15 is 0 Å². The third-order valence-corrected chi connectivity index (χ3v) is 3.16. The van der Waals surface area contributed by atoms with Crippen LogP contribution in [0.5, 0.6) is 0 Å². The van der Waals surface area contributed by atoms with E-state index < -0.39 is 11.9 Å². The summed E-state index contributed by atoms with van der Waals surface area (Å²) in [5.74, 6) is -1.23. The Balaban J connectivity index is 3.06. The van der Waals surface area contributed by atoms with Crippen LogP contribution >= 0.6 is 23.2 Å². The normalized spacial score (nSPS) is 11.7. The maximum Gasteiger partial charge on any atom is 0.353 e. The minimum Gasteiger partial charge on any atom is -0.463 e. The molecule has 0 fully saturated rings. The van der Waals surface area contributed by atoms with Crippen molar-refractivity contribution in [2.45, 2.75) is 46.3 Å². The fourth-order valence-electron chi connectivity index (χ4n) is 1.59. The largest absolute Gasteiger partial charge is 0.463 e. The first-order chi connectivity index (χ1) is 10.7. The summed E-state index contributed by atoms with van der Waals surface area (Å²) in [6.45, 7) is 6.86. The number of esters is 2. The molecule has 0 saturated carbocycles. The lowest BCUT2D eigenvalue weighted by Gasteiger charge is -2.11. The number of ether oxygens (including phenoxy) is 2. The van der Waals surface area contributed by atoms with Crippen molar-refractivity contribution in [3.05, 3.63) is 28.2 Å². The van der Waals surface area contributed by atoms with Crippen LogP contribution in [0.25, 0.3) is 0 Å². The lowest BCUT2D eigenvalue weighted by Crippen LogP contribution is -2.25. The Morgan fingerprint density at radius 2 is 1.65 bits per heavy atom. The number of aliphatic imine (C=N–C) groups is 1. The Labute approximate surface area is 145 Å². The molecule has 0 spiro atoms. The highest BCUT2D eigenvalue weighted by molar-refractivity contribution is 6.42. The van der Waals surface area contributed by atoms with Crippen molar-refractivity contribution in [2.75, 3.05) is 0 Å². The second-order valence-corrected chi connectivity index (χ2v) is 6.14. The highest BCUT2D eigenvalue weighted by Crippen LogP contribution is 2.27. The van der Waals surface area contributed by atoms with Crippen LogP contribution in [-0.2, 0) is 19.1 Å². The van der Waals surface area contributed by atoms with Crippen LogP contribution in [0.2, 0.25) is 10.0 Å². The molecule has 7 heteroatoms. The van der Waals surface area contributed by atoms with Gasteiger partial charge in [0, 0.05) is 0 Å². The Bertz CT molecular complexity index is 612. The third-order valence-electron chi connectivity index (χ3n) is 2.42. The van der Waals surface area contributed by atoms with E-state index in [1.54, 1.807) is 39.8 Å². The lowest BCUT2D eigenvalue weighted by atomic mass is 10.2. The Morgan fingerprint density at radius 3 is 2.17 bits per heavy atom. The fraction of sp³-hybridized carbons (Fsp3) is 0.438. The van der Waals surface area contributed by atoms with Crippen LogP contribution in [0.4, 0.5) is 5.69 Å². The van der Waals surface area contributed by atoms with Gasteiger partial charge in [0.2, 0.25) is 0 Å². The molecular formula is C16H19Cl2NO4. The summed E-state index contributed by atoms with van der Waals surface area (Å²) in [4.78, 5) is 28.1. The minimum absolute atomic E-state index is 0.0530. The highest BCUT2D eigenvalue weighted by atomic mass is 35.5. The number of hydrogen-bond acceptors (Lipinski definition) is 5. The van der Waals surface area contributed by atoms with E-state index in [4.69, 9.17) is 32.7 Å². The molecule has 0 radical (unpaired) electrons. The Hall–Kier alpha value is -1.59. The number of carbonyl (C=O) groups excluding carboxylic acids is 2. The minimum atomic E-state index is -0.674. The second kappa shape index (κ2) is 8.89. The molecule has 0 amide bonds. The summed E-state index contributed by atoms with van der Waals surface area (Å²) >= 11 is 11.8. The lowest BCUT2D eigenvalue weighted by molar-refractivity contribution is -0.147. The summed E-state index contributed by atoms with van der Waals surface area (Å²) < 4.78 is 10.1. The predicted molar refractivity (Wildman–Crippen MR) is 90.6 cm³/mol. The van der Waals surface area contributed by atoms with Crippen LogP contribution in [0.3, 0.4) is 0 Å². The topological polar surface area (TPSA) is 65.0 Å². The van der Waals surface area contributed by atoms with Gasteiger partial charge in [0.1, 0.15) is 5.71 Å². The second-order valence-electron chi connectivity index (χ2n) is 5.33.